The molecule has 2 aliphatic heterocycles. The topological polar surface area (TPSA) is 75.7 Å². The van der Waals surface area contributed by atoms with E-state index in [-0.39, 0.29) is 18.2 Å². The Morgan fingerprint density at radius 1 is 1.43 bits per heavy atom. The minimum Gasteiger partial charge on any atom is -0.376 e. The Morgan fingerprint density at radius 2 is 2.29 bits per heavy atom. The van der Waals surface area contributed by atoms with E-state index in [4.69, 9.17) is 4.74 Å². The summed E-state index contributed by atoms with van der Waals surface area (Å²) < 4.78 is 5.44. The van der Waals surface area contributed by atoms with Gasteiger partial charge >= 0.3 is 6.03 Å². The number of rotatable bonds is 3. The van der Waals surface area contributed by atoms with Gasteiger partial charge in [0, 0.05) is 11.5 Å². The molecule has 110 valence electrons. The van der Waals surface area contributed by atoms with E-state index in [0.717, 1.165) is 22.6 Å². The van der Waals surface area contributed by atoms with E-state index < -0.39 is 17.8 Å². The Labute approximate surface area is 125 Å². The number of nitrogens with one attached hydrogen (secondary N) is 1. The van der Waals surface area contributed by atoms with Crippen LogP contribution in [0.1, 0.15) is 17.7 Å². The van der Waals surface area contributed by atoms with Crippen LogP contribution in [0.3, 0.4) is 0 Å². The Kier molecular flexibility index (Phi) is 3.85. The minimum absolute atomic E-state index is 0.0185. The van der Waals surface area contributed by atoms with E-state index in [2.05, 4.69) is 5.32 Å². The monoisotopic (exact) mass is 306 g/mol. The average molecular weight is 306 g/mol. The summed E-state index contributed by atoms with van der Waals surface area (Å²) in [5.41, 5.74) is -0.0185. The molecule has 0 bridgehead atoms. The summed E-state index contributed by atoms with van der Waals surface area (Å²) in [6, 6.07) is 2.96. The number of urea groups is 1. The maximum Gasteiger partial charge on any atom is 0.331 e. The van der Waals surface area contributed by atoms with Gasteiger partial charge in [-0.05, 0) is 30.4 Å². The van der Waals surface area contributed by atoms with Gasteiger partial charge in [-0.1, -0.05) is 6.07 Å². The molecule has 1 aromatic heterocycles. The third-order valence-corrected chi connectivity index (χ3v) is 4.25. The van der Waals surface area contributed by atoms with E-state index >= 15 is 0 Å². The zero-order valence-corrected chi connectivity index (χ0v) is 12.0. The molecule has 7 heteroatoms. The summed E-state index contributed by atoms with van der Waals surface area (Å²) in [6.45, 7) is 0.824. The molecule has 1 N–H and O–H groups in total. The summed E-state index contributed by atoms with van der Waals surface area (Å²) >= 11 is 1.42. The first kappa shape index (κ1) is 14.0. The number of imide groups is 2. The fraction of sp³-hybridized carbons (Fsp3) is 0.357. The van der Waals surface area contributed by atoms with E-state index in [1.54, 1.807) is 6.07 Å². The molecule has 0 spiro atoms. The molecule has 6 nitrogen and oxygen atoms in total. The highest BCUT2D eigenvalue weighted by atomic mass is 32.1. The van der Waals surface area contributed by atoms with Crippen molar-refractivity contribution in [1.82, 2.24) is 10.2 Å². The van der Waals surface area contributed by atoms with Crippen LogP contribution >= 0.6 is 11.3 Å². The standard InChI is InChI=1S/C14H14N2O4S/c17-12-11(7-10-4-2-6-21-10)13(18)16(14(19)15-12)8-9-3-1-5-20-9/h2,4,6-7,9H,1,3,5,8H2,(H,15,17,19)/b11-7+. The number of nitrogens with zero attached hydrogens (tertiary/aromatic N) is 1. The second-order valence-corrected chi connectivity index (χ2v) is 5.86. The third kappa shape index (κ3) is 2.88. The number of hydrogen-bond donors (Lipinski definition) is 1. The molecule has 4 amide bonds. The van der Waals surface area contributed by atoms with Crippen molar-refractivity contribution in [3.05, 3.63) is 28.0 Å². The molecule has 21 heavy (non-hydrogen) atoms. The Hall–Kier alpha value is -1.99. The van der Waals surface area contributed by atoms with Gasteiger partial charge in [0.2, 0.25) is 0 Å². The quantitative estimate of drug-likeness (QED) is 0.676. The number of thiophene rings is 1. The average Bonchev–Trinajstić information content (AvgIpc) is 3.13. The molecule has 0 aromatic carbocycles. The summed E-state index contributed by atoms with van der Waals surface area (Å²) in [7, 11) is 0. The van der Waals surface area contributed by atoms with Crippen LogP contribution in [0.25, 0.3) is 6.08 Å². The molecule has 3 heterocycles. The van der Waals surface area contributed by atoms with Crippen LogP contribution in [0, 0.1) is 0 Å². The van der Waals surface area contributed by atoms with Crippen molar-refractivity contribution >= 4 is 35.3 Å². The lowest BCUT2D eigenvalue weighted by Crippen LogP contribution is -2.55. The summed E-state index contributed by atoms with van der Waals surface area (Å²) in [4.78, 5) is 37.9. The molecular formula is C14H14N2O4S. The van der Waals surface area contributed by atoms with Crippen LogP contribution in [0.15, 0.2) is 23.1 Å². The lowest BCUT2D eigenvalue weighted by molar-refractivity contribution is -0.131. The van der Waals surface area contributed by atoms with Crippen molar-refractivity contribution in [2.45, 2.75) is 18.9 Å². The lowest BCUT2D eigenvalue weighted by atomic mass is 10.1. The maximum atomic E-state index is 12.4. The van der Waals surface area contributed by atoms with Crippen molar-refractivity contribution in [2.75, 3.05) is 13.2 Å². The van der Waals surface area contributed by atoms with Crippen molar-refractivity contribution in [3.8, 4) is 0 Å². The minimum atomic E-state index is -0.677. The van der Waals surface area contributed by atoms with E-state index in [1.165, 1.54) is 17.4 Å². The maximum absolute atomic E-state index is 12.4. The molecule has 1 aromatic rings. The Bertz CT molecular complexity index is 603. The highest BCUT2D eigenvalue weighted by Gasteiger charge is 2.37. The summed E-state index contributed by atoms with van der Waals surface area (Å²) in [5.74, 6) is -1.21. The first-order valence-corrected chi connectivity index (χ1v) is 7.57. The van der Waals surface area contributed by atoms with Crippen LogP contribution in [0.4, 0.5) is 4.79 Å². The molecular weight excluding hydrogens is 292 g/mol. The van der Waals surface area contributed by atoms with Crippen molar-refractivity contribution < 1.29 is 19.1 Å². The second kappa shape index (κ2) is 5.79. The normalized spacial score (nSPS) is 24.8. The SMILES string of the molecule is O=C1NC(=O)N(CC2CCCO2)C(=O)/C1=C/c1cccs1. The fourth-order valence-electron chi connectivity index (χ4n) is 2.37. The van der Waals surface area contributed by atoms with E-state index in [1.807, 2.05) is 11.4 Å². The van der Waals surface area contributed by atoms with Gasteiger partial charge in [-0.15, -0.1) is 11.3 Å². The molecule has 0 aliphatic carbocycles. The largest absolute Gasteiger partial charge is 0.376 e. The van der Waals surface area contributed by atoms with Crippen LogP contribution in [-0.2, 0) is 14.3 Å². The van der Waals surface area contributed by atoms with Gasteiger partial charge in [0.25, 0.3) is 11.8 Å². The summed E-state index contributed by atoms with van der Waals surface area (Å²) in [5, 5.41) is 4.06. The fourth-order valence-corrected chi connectivity index (χ4v) is 3.02. The number of amides is 4. The predicted molar refractivity (Wildman–Crippen MR) is 76.5 cm³/mol. The van der Waals surface area contributed by atoms with Gasteiger partial charge in [0.1, 0.15) is 5.57 Å². The second-order valence-electron chi connectivity index (χ2n) is 4.88. The highest BCUT2D eigenvalue weighted by Crippen LogP contribution is 2.20. The van der Waals surface area contributed by atoms with Crippen LogP contribution < -0.4 is 5.32 Å². The number of carbonyl (C=O) groups excluding carboxylic acids is 3. The number of barbiturate groups is 1. The molecule has 3 rings (SSSR count). The zero-order valence-electron chi connectivity index (χ0n) is 11.2. The number of carbonyl (C=O) groups is 3. The number of ether oxygens (including phenoxy) is 1. The zero-order chi connectivity index (χ0) is 14.8. The first-order valence-electron chi connectivity index (χ1n) is 6.69. The van der Waals surface area contributed by atoms with Gasteiger partial charge in [0.15, 0.2) is 0 Å². The molecule has 0 saturated carbocycles. The van der Waals surface area contributed by atoms with E-state index in [9.17, 15) is 14.4 Å². The molecule has 1 atom stereocenters. The van der Waals surface area contributed by atoms with Crippen LogP contribution in [0.2, 0.25) is 0 Å². The highest BCUT2D eigenvalue weighted by molar-refractivity contribution is 7.10. The third-order valence-electron chi connectivity index (χ3n) is 3.43. The van der Waals surface area contributed by atoms with Gasteiger partial charge in [-0.2, -0.15) is 0 Å². The van der Waals surface area contributed by atoms with Crippen molar-refractivity contribution in [3.63, 3.8) is 0 Å². The lowest BCUT2D eigenvalue weighted by Gasteiger charge is -2.28. The van der Waals surface area contributed by atoms with Gasteiger partial charge in [-0.3, -0.25) is 19.8 Å². The van der Waals surface area contributed by atoms with Gasteiger partial charge < -0.3 is 4.74 Å². The van der Waals surface area contributed by atoms with Crippen molar-refractivity contribution in [1.29, 1.82) is 0 Å². The molecule has 1 unspecified atom stereocenters. The first-order chi connectivity index (χ1) is 10.1. The molecule has 2 fully saturated rings. The smallest absolute Gasteiger partial charge is 0.331 e. The Morgan fingerprint density at radius 3 is 2.95 bits per heavy atom. The number of hydrogen-bond acceptors (Lipinski definition) is 5. The van der Waals surface area contributed by atoms with Crippen LogP contribution in [0.5, 0.6) is 0 Å². The predicted octanol–water partition coefficient (Wildman–Crippen LogP) is 1.39. The molecule has 0 radical (unpaired) electrons. The van der Waals surface area contributed by atoms with Gasteiger partial charge in [-0.25, -0.2) is 4.79 Å². The molecule has 2 saturated heterocycles. The molecule has 2 aliphatic rings. The van der Waals surface area contributed by atoms with Gasteiger partial charge in [0.05, 0.1) is 12.6 Å². The Balaban J connectivity index is 1.82. The van der Waals surface area contributed by atoms with E-state index in [0.29, 0.717) is 6.61 Å². The summed E-state index contributed by atoms with van der Waals surface area (Å²) in [6.07, 6.45) is 3.10. The van der Waals surface area contributed by atoms with Crippen molar-refractivity contribution in [2.24, 2.45) is 0 Å². The van der Waals surface area contributed by atoms with Crippen LogP contribution in [-0.4, -0.2) is 42.0 Å².